The van der Waals surface area contributed by atoms with E-state index in [1.165, 1.54) is 0 Å². The normalized spacial score (nSPS) is 16.2. The summed E-state index contributed by atoms with van der Waals surface area (Å²) in [5, 5.41) is 30.8. The standard InChI is InChI=1S/C30H32N6O3/c1-18-26(27(37)29(38)39)28(35-12-10-30(2,3)11-13-35)36-25(32-18)16-23(33-36)21-7-5-6-19(14-21)20-8-9-22-17-31-34(4)24(22)15-20/h5-9,14-17,27,37H,10-13H2,1-4H3,(H,38,39). The monoisotopic (exact) mass is 524 g/mol. The van der Waals surface area contributed by atoms with Crippen LogP contribution in [0.3, 0.4) is 0 Å². The van der Waals surface area contributed by atoms with Crippen LogP contribution in [0.4, 0.5) is 5.82 Å². The maximum absolute atomic E-state index is 11.9. The van der Waals surface area contributed by atoms with Gasteiger partial charge in [-0.3, -0.25) is 4.68 Å². The number of fused-ring (bicyclic) bond motifs is 2. The number of carbonyl (C=O) groups is 1. The first-order chi connectivity index (χ1) is 18.6. The first-order valence-electron chi connectivity index (χ1n) is 13.2. The van der Waals surface area contributed by atoms with E-state index in [9.17, 15) is 15.0 Å². The number of piperidine rings is 1. The van der Waals surface area contributed by atoms with Gasteiger partial charge < -0.3 is 15.1 Å². The molecule has 39 heavy (non-hydrogen) atoms. The highest BCUT2D eigenvalue weighted by Gasteiger charge is 2.33. The van der Waals surface area contributed by atoms with E-state index in [-0.39, 0.29) is 5.41 Å². The minimum Gasteiger partial charge on any atom is -0.479 e. The molecule has 0 spiro atoms. The van der Waals surface area contributed by atoms with Gasteiger partial charge in [0.05, 0.1) is 23.0 Å². The van der Waals surface area contributed by atoms with E-state index in [0.717, 1.165) is 59.2 Å². The number of aryl methyl sites for hydroxylation is 2. The molecule has 0 aliphatic carbocycles. The third-order valence-corrected chi connectivity index (χ3v) is 7.97. The summed E-state index contributed by atoms with van der Waals surface area (Å²) in [6.45, 7) is 7.73. The van der Waals surface area contributed by atoms with E-state index in [1.807, 2.05) is 36.1 Å². The van der Waals surface area contributed by atoms with Crippen molar-refractivity contribution in [3.05, 3.63) is 66.0 Å². The van der Waals surface area contributed by atoms with Crippen molar-refractivity contribution in [3.63, 3.8) is 0 Å². The van der Waals surface area contributed by atoms with Gasteiger partial charge in [-0.05, 0) is 48.4 Å². The van der Waals surface area contributed by atoms with Crippen LogP contribution in [0.15, 0.2) is 54.7 Å². The van der Waals surface area contributed by atoms with Crippen LogP contribution in [0, 0.1) is 12.3 Å². The van der Waals surface area contributed by atoms with Crippen LogP contribution in [0.2, 0.25) is 0 Å². The fraction of sp³-hybridized carbons (Fsp3) is 0.333. The van der Waals surface area contributed by atoms with Crippen LogP contribution in [0.5, 0.6) is 0 Å². The largest absolute Gasteiger partial charge is 0.479 e. The lowest BCUT2D eigenvalue weighted by Gasteiger charge is -2.39. The van der Waals surface area contributed by atoms with E-state index in [0.29, 0.717) is 22.7 Å². The summed E-state index contributed by atoms with van der Waals surface area (Å²) in [5.41, 5.74) is 6.44. The first-order valence-corrected chi connectivity index (χ1v) is 13.2. The third kappa shape index (κ3) is 4.42. The summed E-state index contributed by atoms with van der Waals surface area (Å²) in [6, 6.07) is 16.4. The number of aliphatic hydroxyl groups excluding tert-OH is 1. The van der Waals surface area contributed by atoms with E-state index in [4.69, 9.17) is 5.10 Å². The second-order valence-electron chi connectivity index (χ2n) is 11.2. The highest BCUT2D eigenvalue weighted by atomic mass is 16.4. The molecule has 3 aromatic heterocycles. The Hall–Kier alpha value is -4.24. The fourth-order valence-electron chi connectivity index (χ4n) is 5.51. The number of nitrogens with zero attached hydrogens (tertiary/aromatic N) is 6. The van der Waals surface area contributed by atoms with Crippen LogP contribution >= 0.6 is 0 Å². The Kier molecular flexibility index (Phi) is 5.91. The predicted octanol–water partition coefficient (Wildman–Crippen LogP) is 5.00. The molecule has 0 bridgehead atoms. The van der Waals surface area contributed by atoms with Gasteiger partial charge in [-0.15, -0.1) is 0 Å². The molecule has 0 amide bonds. The summed E-state index contributed by atoms with van der Waals surface area (Å²) >= 11 is 0. The Morgan fingerprint density at radius 1 is 1.03 bits per heavy atom. The molecule has 1 saturated heterocycles. The van der Waals surface area contributed by atoms with Crippen molar-refractivity contribution in [1.29, 1.82) is 0 Å². The van der Waals surface area contributed by atoms with Gasteiger partial charge in [0.1, 0.15) is 5.82 Å². The van der Waals surface area contributed by atoms with Crippen molar-refractivity contribution in [2.24, 2.45) is 12.5 Å². The number of benzene rings is 2. The van der Waals surface area contributed by atoms with Crippen molar-refractivity contribution in [2.75, 3.05) is 18.0 Å². The minimum absolute atomic E-state index is 0.206. The van der Waals surface area contributed by atoms with Crippen molar-refractivity contribution in [2.45, 2.75) is 39.7 Å². The number of hydrogen-bond donors (Lipinski definition) is 2. The summed E-state index contributed by atoms with van der Waals surface area (Å²) < 4.78 is 3.57. The number of rotatable bonds is 5. The molecule has 0 radical (unpaired) electrons. The SMILES string of the molecule is Cc1nc2cc(-c3cccc(-c4ccc5cnn(C)c5c4)c3)nn2c(N2CCC(C)(C)CC2)c1C(O)C(=O)O. The van der Waals surface area contributed by atoms with E-state index >= 15 is 0 Å². The predicted molar refractivity (Wildman–Crippen MR) is 151 cm³/mol. The van der Waals surface area contributed by atoms with Gasteiger partial charge >= 0.3 is 5.97 Å². The average Bonchev–Trinajstić information content (AvgIpc) is 3.51. The molecule has 1 aliphatic rings. The van der Waals surface area contributed by atoms with Crippen molar-refractivity contribution >= 4 is 28.3 Å². The van der Waals surface area contributed by atoms with E-state index < -0.39 is 12.1 Å². The van der Waals surface area contributed by atoms with E-state index in [2.05, 4.69) is 59.2 Å². The van der Waals surface area contributed by atoms with Crippen molar-refractivity contribution in [1.82, 2.24) is 24.4 Å². The van der Waals surface area contributed by atoms with Crippen molar-refractivity contribution in [3.8, 4) is 22.4 Å². The molecule has 4 heterocycles. The van der Waals surface area contributed by atoms with Crippen LogP contribution in [0.1, 0.15) is 44.1 Å². The molecular weight excluding hydrogens is 492 g/mol. The summed E-state index contributed by atoms with van der Waals surface area (Å²) in [4.78, 5) is 18.7. The molecule has 1 aliphatic heterocycles. The van der Waals surface area contributed by atoms with Crippen molar-refractivity contribution < 1.29 is 15.0 Å². The third-order valence-electron chi connectivity index (χ3n) is 7.97. The second kappa shape index (κ2) is 9.20. The second-order valence-corrected chi connectivity index (χ2v) is 11.2. The van der Waals surface area contributed by atoms with Crippen LogP contribution in [-0.2, 0) is 11.8 Å². The average molecular weight is 525 g/mol. The van der Waals surface area contributed by atoms with Gasteiger partial charge in [-0.2, -0.15) is 14.7 Å². The van der Waals surface area contributed by atoms with Crippen LogP contribution in [0.25, 0.3) is 38.9 Å². The molecule has 9 nitrogen and oxygen atoms in total. The summed E-state index contributed by atoms with van der Waals surface area (Å²) in [7, 11) is 1.94. The Bertz CT molecular complexity index is 1720. The topological polar surface area (TPSA) is 109 Å². The smallest absolute Gasteiger partial charge is 0.337 e. The zero-order valence-corrected chi connectivity index (χ0v) is 22.6. The molecule has 200 valence electrons. The first kappa shape index (κ1) is 25.1. The van der Waals surface area contributed by atoms with E-state index in [1.54, 1.807) is 11.4 Å². The molecule has 2 aromatic carbocycles. The maximum atomic E-state index is 11.9. The lowest BCUT2D eigenvalue weighted by atomic mass is 9.82. The van der Waals surface area contributed by atoms with Gasteiger partial charge in [0.15, 0.2) is 11.8 Å². The molecule has 9 heteroatoms. The molecule has 1 fully saturated rings. The van der Waals surface area contributed by atoms with Gasteiger partial charge in [0.25, 0.3) is 0 Å². The molecule has 2 N–H and O–H groups in total. The number of carboxylic acid groups (broad SMARTS) is 1. The van der Waals surface area contributed by atoms with Gasteiger partial charge in [-0.25, -0.2) is 9.78 Å². The number of carboxylic acids is 1. The number of aliphatic carboxylic acids is 1. The Balaban J connectivity index is 1.47. The molecule has 6 rings (SSSR count). The minimum atomic E-state index is -1.69. The molecule has 5 aromatic rings. The van der Waals surface area contributed by atoms with Crippen LogP contribution in [-0.4, -0.2) is 53.7 Å². The summed E-state index contributed by atoms with van der Waals surface area (Å²) in [5.74, 6) is -0.699. The number of aliphatic hydroxyl groups is 1. The summed E-state index contributed by atoms with van der Waals surface area (Å²) in [6.07, 6.45) is 2.08. The number of aromatic nitrogens is 5. The molecule has 1 atom stereocenters. The quantitative estimate of drug-likeness (QED) is 0.333. The van der Waals surface area contributed by atoms with Gasteiger partial charge in [-0.1, -0.05) is 44.2 Å². The molecular formula is C30H32N6O3. The van der Waals surface area contributed by atoms with Crippen LogP contribution < -0.4 is 4.90 Å². The highest BCUT2D eigenvalue weighted by molar-refractivity contribution is 5.85. The Morgan fingerprint density at radius 2 is 1.74 bits per heavy atom. The fourth-order valence-corrected chi connectivity index (χ4v) is 5.51. The lowest BCUT2D eigenvalue weighted by Crippen LogP contribution is -2.39. The zero-order valence-electron chi connectivity index (χ0n) is 22.6. The molecule has 0 saturated carbocycles. The van der Waals surface area contributed by atoms with Gasteiger partial charge in [0, 0.05) is 42.8 Å². The molecule has 1 unspecified atom stereocenters. The lowest BCUT2D eigenvalue weighted by molar-refractivity contribution is -0.147. The number of hydrogen-bond acceptors (Lipinski definition) is 6. The highest BCUT2D eigenvalue weighted by Crippen LogP contribution is 2.37. The zero-order chi connectivity index (χ0) is 27.5. The Labute approximate surface area is 226 Å². The Morgan fingerprint density at radius 3 is 2.49 bits per heavy atom. The van der Waals surface area contributed by atoms with Gasteiger partial charge in [0.2, 0.25) is 0 Å². The maximum Gasteiger partial charge on any atom is 0.337 e. The number of anilines is 1.